The van der Waals surface area contributed by atoms with Gasteiger partial charge < -0.3 is 48.2 Å². The van der Waals surface area contributed by atoms with Gasteiger partial charge in [-0.2, -0.15) is 0 Å². The molecule has 10 heterocycles. The highest BCUT2D eigenvalue weighted by Gasteiger charge is 2.34. The van der Waals surface area contributed by atoms with Gasteiger partial charge in [0.05, 0.1) is 58.3 Å². The Morgan fingerprint density at radius 2 is 0.624 bits per heavy atom. The zero-order valence-corrected chi connectivity index (χ0v) is 78.9. The predicted molar refractivity (Wildman–Crippen MR) is 528 cm³/mol. The molecule has 35 heteroatoms. The van der Waals surface area contributed by atoms with Gasteiger partial charge in [0.15, 0.2) is 0 Å². The van der Waals surface area contributed by atoms with Crippen LogP contribution in [0.25, 0.3) is 12.2 Å². The lowest BCUT2D eigenvalue weighted by atomic mass is 10.1. The number of unbranched alkanes of at least 4 members (excludes halogenated alkanes) is 1. The number of anilines is 5. The van der Waals surface area contributed by atoms with E-state index in [2.05, 4.69) is 118 Å². The molecule has 10 amide bonds. The van der Waals surface area contributed by atoms with Gasteiger partial charge in [-0.05, 0) is 258 Å². The first kappa shape index (κ1) is 100. The van der Waals surface area contributed by atoms with Crippen LogP contribution in [-0.4, -0.2) is 194 Å². The summed E-state index contributed by atoms with van der Waals surface area (Å²) in [6.07, 6.45) is 15.9. The van der Waals surface area contributed by atoms with Crippen LogP contribution in [0.5, 0.6) is 28.7 Å². The number of aromatic nitrogens is 5. The quantitative estimate of drug-likeness (QED) is 0.0176. The number of nitrogens with zero attached hydrogens (tertiary/aromatic N) is 10. The number of carbonyl (C=O) groups is 10. The van der Waals surface area contributed by atoms with Crippen molar-refractivity contribution >= 4 is 156 Å². The standard InChI is InChI=1S/C20H23N3O3S.C20H21N3O3S.C20H23N3O3S.C19H21N3O3S.C19H19N3O3S/c2*1-14(2)23(18-5-3-4-10-21-18)11-12-26-16-8-6-15(7-9-16)13-17-19(24)22-20(25)27-17;1-23(18-6-2-3-11-21-18)12-4-5-13-26-16-9-7-15(8-10-16)14-17-19(24)22-20(25)27-17;2*1-2-22(17-5-3-4-10-20-17)11-12-25-15-8-6-14(7-9-15)13-16-18(23)21-19(24)26-16/h3-10,14,17H,11-13H2,1-2H3,(H,22,24,25);3-10,13-14H,11-12H2,1-2H3,(H,22,24,25);2-3,6-11,17H,4-5,12-14H2,1H3,(H,22,24,25);3-10,16H,2,11-13H2,1H3,(H,21,23,24);3-10,13H,2,11-12H2,1H3,(H,21,23,24)/b;17-13+;;;16-13+. The number of amides is 10. The monoisotopic (exact) mass is 1890 g/mol. The van der Waals surface area contributed by atoms with Crippen molar-refractivity contribution in [2.75, 3.05) is 110 Å². The van der Waals surface area contributed by atoms with Gasteiger partial charge in [-0.3, -0.25) is 74.5 Å². The molecule has 10 aromatic rings. The fourth-order valence-corrected chi connectivity index (χ4v) is 17.5. The van der Waals surface area contributed by atoms with Crippen LogP contribution in [0.1, 0.15) is 82.2 Å². The molecule has 133 heavy (non-hydrogen) atoms. The van der Waals surface area contributed by atoms with Crippen LogP contribution in [0.3, 0.4) is 0 Å². The molecule has 0 bridgehead atoms. The molecule has 5 saturated heterocycles. The molecule has 30 nitrogen and oxygen atoms in total. The molecule has 3 unspecified atom stereocenters. The van der Waals surface area contributed by atoms with Crippen molar-refractivity contribution in [3.8, 4) is 28.7 Å². The first-order chi connectivity index (χ1) is 64.5. The average Bonchev–Trinajstić information content (AvgIpc) is 1.80. The molecule has 0 saturated carbocycles. The van der Waals surface area contributed by atoms with Crippen molar-refractivity contribution in [3.63, 3.8) is 0 Å². The smallest absolute Gasteiger partial charge is 0.290 e. The third kappa shape index (κ3) is 33.2. The summed E-state index contributed by atoms with van der Waals surface area (Å²) in [4.78, 5) is 147. The number of nitrogens with one attached hydrogen (secondary N) is 5. The van der Waals surface area contributed by atoms with Gasteiger partial charge in [-0.25, -0.2) is 24.9 Å². The van der Waals surface area contributed by atoms with Gasteiger partial charge in [0.25, 0.3) is 38.0 Å². The molecule has 5 aromatic carbocycles. The Balaban J connectivity index is 0.000000160. The second-order valence-electron chi connectivity index (χ2n) is 30.6. The number of hydrogen-bond donors (Lipinski definition) is 5. The number of ether oxygens (including phenoxy) is 5. The van der Waals surface area contributed by atoms with E-state index in [4.69, 9.17) is 23.7 Å². The Kier molecular flexibility index (Phi) is 39.8. The van der Waals surface area contributed by atoms with Crippen LogP contribution in [0.4, 0.5) is 53.1 Å². The number of likely N-dealkylation sites (N-methyl/N-ethyl adjacent to an activating group) is 2. The number of thioether (sulfide) groups is 5. The third-order valence-electron chi connectivity index (χ3n) is 20.5. The molecule has 0 aliphatic carbocycles. The summed E-state index contributed by atoms with van der Waals surface area (Å²) in [7, 11) is 2.04. The normalized spacial score (nSPS) is 15.9. The molecule has 0 radical (unpaired) electrons. The van der Waals surface area contributed by atoms with Gasteiger partial charge in [0, 0.05) is 69.7 Å². The number of rotatable bonds is 39. The van der Waals surface area contributed by atoms with E-state index in [0.717, 1.165) is 203 Å². The maximum absolute atomic E-state index is 11.6. The fraction of sp³-hybridized carbons (Fsp3) is 0.296. The minimum Gasteiger partial charge on any atom is -0.494 e. The maximum Gasteiger partial charge on any atom is 0.290 e. The number of hydrogen-bond acceptors (Lipinski definition) is 30. The van der Waals surface area contributed by atoms with E-state index in [1.807, 2.05) is 219 Å². The van der Waals surface area contributed by atoms with Crippen LogP contribution in [0.15, 0.2) is 253 Å². The molecular formula is C98H107N15O15S5. The summed E-state index contributed by atoms with van der Waals surface area (Å²) in [6, 6.07) is 67.9. The van der Waals surface area contributed by atoms with Gasteiger partial charge in [-0.15, -0.1) is 0 Å². The molecule has 5 aliphatic heterocycles. The molecule has 5 fully saturated rings. The van der Waals surface area contributed by atoms with Crippen LogP contribution < -0.4 is 74.8 Å². The number of pyridine rings is 5. The topological polar surface area (TPSA) is 358 Å². The molecule has 15 rings (SSSR count). The fourth-order valence-electron chi connectivity index (χ4n) is 13.5. The summed E-state index contributed by atoms with van der Waals surface area (Å²) in [6.45, 7) is 21.1. The molecule has 5 aliphatic rings. The summed E-state index contributed by atoms with van der Waals surface area (Å²) in [5, 5.41) is 8.90. The minimum atomic E-state index is -0.353. The lowest BCUT2D eigenvalue weighted by molar-refractivity contribution is -0.119. The predicted octanol–water partition coefficient (Wildman–Crippen LogP) is 16.4. The van der Waals surface area contributed by atoms with E-state index in [1.54, 1.807) is 43.1 Å². The van der Waals surface area contributed by atoms with Crippen molar-refractivity contribution in [1.29, 1.82) is 0 Å². The molecular weight excluding hydrogens is 1790 g/mol. The van der Waals surface area contributed by atoms with Crippen molar-refractivity contribution in [2.24, 2.45) is 0 Å². The summed E-state index contributed by atoms with van der Waals surface area (Å²) < 4.78 is 29.1. The van der Waals surface area contributed by atoms with Crippen molar-refractivity contribution in [2.45, 2.75) is 101 Å². The highest BCUT2D eigenvalue weighted by Crippen LogP contribution is 2.32. The first-order valence-electron chi connectivity index (χ1n) is 43.4. The van der Waals surface area contributed by atoms with E-state index >= 15 is 0 Å². The lowest BCUT2D eigenvalue weighted by Crippen LogP contribution is -2.35. The Labute approximate surface area is 795 Å². The Morgan fingerprint density at radius 1 is 0.331 bits per heavy atom. The third-order valence-corrected chi connectivity index (χ3v) is 25.0. The van der Waals surface area contributed by atoms with E-state index in [1.165, 1.54) is 0 Å². The highest BCUT2D eigenvalue weighted by atomic mass is 32.2. The summed E-state index contributed by atoms with van der Waals surface area (Å²) in [5.74, 6) is 7.26. The van der Waals surface area contributed by atoms with E-state index in [0.29, 0.717) is 74.2 Å². The number of carbonyl (C=O) groups excluding carboxylic acids is 10. The molecule has 694 valence electrons. The largest absolute Gasteiger partial charge is 0.494 e. The Hall–Kier alpha value is -13.2. The van der Waals surface area contributed by atoms with Gasteiger partial charge >= 0.3 is 0 Å². The van der Waals surface area contributed by atoms with Crippen LogP contribution in [-0.2, 0) is 43.2 Å². The minimum absolute atomic E-state index is 0.207. The van der Waals surface area contributed by atoms with Gasteiger partial charge in [0.1, 0.15) is 84.3 Å². The number of benzene rings is 5. The summed E-state index contributed by atoms with van der Waals surface area (Å²) in [5.41, 5.74) is 4.70. The van der Waals surface area contributed by atoms with E-state index in [-0.39, 0.29) is 71.5 Å². The SMILES string of the molecule is CC(C)N(CCOc1ccc(/C=C2/SC(=O)NC2=O)cc1)c1ccccn1.CC(C)N(CCOc1ccc(CC2SC(=O)NC2=O)cc1)c1ccccn1.CCN(CCOc1ccc(/C=C2/SC(=O)NC2=O)cc1)c1ccccn1.CCN(CCOc1ccc(CC2SC(=O)NC2=O)cc1)c1ccccn1.CN(CCCCOc1ccc(CC2SC(=O)NC2=O)cc1)c1ccccn1. The maximum atomic E-state index is 11.6. The van der Waals surface area contributed by atoms with Crippen molar-refractivity contribution < 1.29 is 71.6 Å². The van der Waals surface area contributed by atoms with Gasteiger partial charge in [0.2, 0.25) is 17.7 Å². The lowest BCUT2D eigenvalue weighted by Gasteiger charge is -2.27. The molecule has 3 atom stereocenters. The van der Waals surface area contributed by atoms with Gasteiger partial charge in [-0.1, -0.05) is 126 Å². The first-order valence-corrected chi connectivity index (χ1v) is 47.7. The number of imide groups is 5. The molecule has 0 spiro atoms. The molecule has 5 aromatic heterocycles. The van der Waals surface area contributed by atoms with Crippen molar-refractivity contribution in [3.05, 3.63) is 281 Å². The van der Waals surface area contributed by atoms with Crippen molar-refractivity contribution in [1.82, 2.24) is 51.5 Å². The van der Waals surface area contributed by atoms with E-state index < -0.39 is 0 Å². The average molecular weight is 1900 g/mol. The molecule has 5 N–H and O–H groups in total. The highest BCUT2D eigenvalue weighted by molar-refractivity contribution is 8.19. The Bertz CT molecular complexity index is 5520. The zero-order chi connectivity index (χ0) is 94.2. The zero-order valence-electron chi connectivity index (χ0n) is 74.8. The van der Waals surface area contributed by atoms with E-state index in [9.17, 15) is 47.9 Å². The Morgan fingerprint density at radius 3 is 0.895 bits per heavy atom. The summed E-state index contributed by atoms with van der Waals surface area (Å²) >= 11 is 4.97. The van der Waals surface area contributed by atoms with Crippen LogP contribution >= 0.6 is 58.8 Å². The van der Waals surface area contributed by atoms with Crippen LogP contribution in [0, 0.1) is 0 Å². The second kappa shape index (κ2) is 52.7. The van der Waals surface area contributed by atoms with Crippen LogP contribution in [0.2, 0.25) is 0 Å². The second-order valence-corrected chi connectivity index (χ2v) is 36.1.